The minimum atomic E-state index is -0.853. The summed E-state index contributed by atoms with van der Waals surface area (Å²) in [6.45, 7) is -0.347. The van der Waals surface area contributed by atoms with Crippen molar-refractivity contribution < 1.29 is 19.1 Å². The number of esters is 1. The molecule has 3 aromatic rings. The standard InChI is InChI=1S/C30H32N2O4/c33-27(22-6-2-1-3-7-22)18-36-28(34)26(13-23-17-31-25-9-5-4-8-24(23)25)32-29(35)30-14-19-10-20(15-30)12-21(11-19)16-30/h1-9,17,19-21,26,31H,10-16,18H2,(H,32,35)/t19?,20?,21?,26-,30?/m1/s1. The van der Waals surface area contributed by atoms with Gasteiger partial charge in [0.15, 0.2) is 12.4 Å². The number of aromatic nitrogens is 1. The highest BCUT2D eigenvalue weighted by Gasteiger charge is 2.55. The number of hydrogen-bond donors (Lipinski definition) is 2. The summed E-state index contributed by atoms with van der Waals surface area (Å²) >= 11 is 0. The van der Waals surface area contributed by atoms with E-state index < -0.39 is 12.0 Å². The van der Waals surface area contributed by atoms with E-state index in [1.54, 1.807) is 24.3 Å². The lowest BCUT2D eigenvalue weighted by Gasteiger charge is -2.55. The van der Waals surface area contributed by atoms with Crippen molar-refractivity contribution in [1.82, 2.24) is 10.3 Å². The Labute approximate surface area is 210 Å². The Morgan fingerprint density at radius 2 is 1.56 bits per heavy atom. The molecule has 4 fully saturated rings. The van der Waals surface area contributed by atoms with Crippen molar-refractivity contribution >= 4 is 28.6 Å². The molecule has 0 unspecified atom stereocenters. The normalized spacial score (nSPS) is 27.1. The quantitative estimate of drug-likeness (QED) is 0.354. The Morgan fingerprint density at radius 3 is 2.25 bits per heavy atom. The zero-order chi connectivity index (χ0) is 24.7. The van der Waals surface area contributed by atoms with Gasteiger partial charge in [0.2, 0.25) is 5.91 Å². The number of Topliss-reactive ketones (excluding diaryl/α,β-unsaturated/α-hetero) is 1. The Kier molecular flexibility index (Phi) is 5.90. The van der Waals surface area contributed by atoms with Crippen LogP contribution in [0.1, 0.15) is 54.4 Å². The first-order valence-corrected chi connectivity index (χ1v) is 13.1. The highest BCUT2D eigenvalue weighted by atomic mass is 16.5. The van der Waals surface area contributed by atoms with Crippen molar-refractivity contribution in [3.8, 4) is 0 Å². The summed E-state index contributed by atoms with van der Waals surface area (Å²) in [4.78, 5) is 42.9. The molecule has 0 radical (unpaired) electrons. The molecule has 4 saturated carbocycles. The maximum Gasteiger partial charge on any atom is 0.329 e. The molecular weight excluding hydrogens is 452 g/mol. The Bertz CT molecular complexity index is 1260. The lowest BCUT2D eigenvalue weighted by molar-refractivity contribution is -0.153. The molecule has 1 atom stereocenters. The van der Waals surface area contributed by atoms with Gasteiger partial charge in [-0.2, -0.15) is 0 Å². The van der Waals surface area contributed by atoms with Crippen LogP contribution in [0.2, 0.25) is 0 Å². The van der Waals surface area contributed by atoms with Gasteiger partial charge in [0.1, 0.15) is 6.04 Å². The number of ether oxygens (including phenoxy) is 1. The lowest BCUT2D eigenvalue weighted by Crippen LogP contribution is -2.56. The van der Waals surface area contributed by atoms with Crippen LogP contribution >= 0.6 is 0 Å². The fourth-order valence-corrected chi connectivity index (χ4v) is 7.36. The van der Waals surface area contributed by atoms with Gasteiger partial charge < -0.3 is 15.0 Å². The molecule has 1 amide bonds. The van der Waals surface area contributed by atoms with E-state index in [4.69, 9.17) is 4.74 Å². The summed E-state index contributed by atoms with van der Waals surface area (Å²) in [5, 5.41) is 4.12. The first kappa shape index (κ1) is 23.0. The summed E-state index contributed by atoms with van der Waals surface area (Å²) < 4.78 is 5.49. The van der Waals surface area contributed by atoms with E-state index in [9.17, 15) is 14.4 Å². The first-order chi connectivity index (χ1) is 17.5. The molecule has 2 N–H and O–H groups in total. The van der Waals surface area contributed by atoms with E-state index in [0.717, 1.165) is 35.7 Å². The number of nitrogens with one attached hydrogen (secondary N) is 2. The van der Waals surface area contributed by atoms with Crippen molar-refractivity contribution in [2.45, 2.75) is 51.0 Å². The summed E-state index contributed by atoms with van der Waals surface area (Å²) in [5.41, 5.74) is 2.04. The SMILES string of the molecule is O=C(COC(=O)[C@@H](Cc1c[nH]c2ccccc12)NC(=O)C12CC3CC(CC(C3)C1)C2)c1ccccc1. The van der Waals surface area contributed by atoms with E-state index in [2.05, 4.69) is 10.3 Å². The highest BCUT2D eigenvalue weighted by molar-refractivity contribution is 5.98. The predicted octanol–water partition coefficient (Wildman–Crippen LogP) is 4.84. The van der Waals surface area contributed by atoms with Crippen LogP contribution in [0.3, 0.4) is 0 Å². The molecule has 4 aliphatic rings. The predicted molar refractivity (Wildman–Crippen MR) is 136 cm³/mol. The molecule has 6 nitrogen and oxygen atoms in total. The largest absolute Gasteiger partial charge is 0.456 e. The average Bonchev–Trinajstić information content (AvgIpc) is 3.29. The van der Waals surface area contributed by atoms with Crippen molar-refractivity contribution in [3.63, 3.8) is 0 Å². The molecule has 6 heteroatoms. The minimum absolute atomic E-state index is 0.0159. The van der Waals surface area contributed by atoms with Gasteiger partial charge in [-0.05, 0) is 67.9 Å². The van der Waals surface area contributed by atoms with Crippen LogP contribution in [-0.4, -0.2) is 35.3 Å². The summed E-state index contributed by atoms with van der Waals surface area (Å²) in [7, 11) is 0. The number of hydrogen-bond acceptors (Lipinski definition) is 4. The van der Waals surface area contributed by atoms with Crippen LogP contribution in [0, 0.1) is 23.2 Å². The van der Waals surface area contributed by atoms with E-state index in [-0.39, 0.29) is 23.7 Å². The summed E-state index contributed by atoms with van der Waals surface area (Å²) in [6, 6.07) is 15.8. The molecule has 1 aromatic heterocycles. The van der Waals surface area contributed by atoms with Crippen molar-refractivity contribution in [3.05, 3.63) is 71.9 Å². The molecule has 2 aromatic carbocycles. The van der Waals surface area contributed by atoms with Crippen LogP contribution in [0.15, 0.2) is 60.8 Å². The third kappa shape index (κ3) is 4.34. The van der Waals surface area contributed by atoms with Crippen LogP contribution in [-0.2, 0) is 20.7 Å². The number of benzene rings is 2. The number of aromatic amines is 1. The van der Waals surface area contributed by atoms with E-state index >= 15 is 0 Å². The summed E-state index contributed by atoms with van der Waals surface area (Å²) in [5.74, 6) is 1.04. The molecule has 4 bridgehead atoms. The van der Waals surface area contributed by atoms with Crippen LogP contribution in [0.5, 0.6) is 0 Å². The Hall–Kier alpha value is -3.41. The van der Waals surface area contributed by atoms with Gasteiger partial charge >= 0.3 is 5.97 Å². The summed E-state index contributed by atoms with van der Waals surface area (Å²) in [6.07, 6.45) is 8.70. The second-order valence-corrected chi connectivity index (χ2v) is 11.2. The molecule has 36 heavy (non-hydrogen) atoms. The number of para-hydroxylation sites is 1. The highest BCUT2D eigenvalue weighted by Crippen LogP contribution is 2.60. The maximum absolute atomic E-state index is 13.8. The number of ketones is 1. The third-order valence-corrected chi connectivity index (χ3v) is 8.65. The van der Waals surface area contributed by atoms with Gasteiger partial charge in [-0.1, -0.05) is 48.5 Å². The average molecular weight is 485 g/mol. The Morgan fingerprint density at radius 1 is 0.917 bits per heavy atom. The van der Waals surface area contributed by atoms with Gasteiger partial charge in [-0.25, -0.2) is 4.79 Å². The van der Waals surface area contributed by atoms with E-state index in [0.29, 0.717) is 29.7 Å². The zero-order valence-electron chi connectivity index (χ0n) is 20.4. The van der Waals surface area contributed by atoms with Crippen molar-refractivity contribution in [2.24, 2.45) is 23.2 Å². The number of carbonyl (C=O) groups excluding carboxylic acids is 3. The lowest BCUT2D eigenvalue weighted by atomic mass is 9.49. The van der Waals surface area contributed by atoms with Crippen molar-refractivity contribution in [1.29, 1.82) is 0 Å². The zero-order valence-corrected chi connectivity index (χ0v) is 20.4. The second kappa shape index (κ2) is 9.23. The molecule has 0 saturated heterocycles. The number of H-pyrrole nitrogens is 1. The topological polar surface area (TPSA) is 88.3 Å². The smallest absolute Gasteiger partial charge is 0.329 e. The first-order valence-electron chi connectivity index (χ1n) is 13.1. The molecule has 186 valence electrons. The Balaban J connectivity index is 1.21. The van der Waals surface area contributed by atoms with Crippen molar-refractivity contribution in [2.75, 3.05) is 6.61 Å². The van der Waals surface area contributed by atoms with E-state index in [1.807, 2.05) is 36.5 Å². The number of fused-ring (bicyclic) bond motifs is 1. The molecule has 7 rings (SSSR count). The van der Waals surface area contributed by atoms with Crippen LogP contribution < -0.4 is 5.32 Å². The number of carbonyl (C=O) groups is 3. The molecule has 1 heterocycles. The fourth-order valence-electron chi connectivity index (χ4n) is 7.36. The molecule has 4 aliphatic carbocycles. The van der Waals surface area contributed by atoms with Gasteiger partial charge in [0.25, 0.3) is 0 Å². The van der Waals surface area contributed by atoms with Gasteiger partial charge in [0.05, 0.1) is 0 Å². The monoisotopic (exact) mass is 484 g/mol. The van der Waals surface area contributed by atoms with Crippen LogP contribution in [0.25, 0.3) is 10.9 Å². The van der Waals surface area contributed by atoms with Gasteiger partial charge in [-0.15, -0.1) is 0 Å². The van der Waals surface area contributed by atoms with E-state index in [1.165, 1.54) is 19.3 Å². The molecular formula is C30H32N2O4. The van der Waals surface area contributed by atoms with Gasteiger partial charge in [-0.3, -0.25) is 9.59 Å². The maximum atomic E-state index is 13.8. The molecule has 0 aliphatic heterocycles. The van der Waals surface area contributed by atoms with Gasteiger partial charge in [0, 0.05) is 34.5 Å². The number of amides is 1. The molecule has 0 spiro atoms. The van der Waals surface area contributed by atoms with Crippen LogP contribution in [0.4, 0.5) is 0 Å². The fraction of sp³-hybridized carbons (Fsp3) is 0.433. The number of rotatable bonds is 8. The minimum Gasteiger partial charge on any atom is -0.456 e. The third-order valence-electron chi connectivity index (χ3n) is 8.65. The second-order valence-electron chi connectivity index (χ2n) is 11.2.